The molecule has 0 aromatic heterocycles. The van der Waals surface area contributed by atoms with Crippen LogP contribution in [0.25, 0.3) is 0 Å². The van der Waals surface area contributed by atoms with Crippen molar-refractivity contribution < 1.29 is 9.47 Å². The van der Waals surface area contributed by atoms with Gasteiger partial charge in [0.25, 0.3) is 0 Å². The SMILES string of the molecule is CCOCCC(CNCCOC)c1ccccc1Cl. The summed E-state index contributed by atoms with van der Waals surface area (Å²) in [7, 11) is 1.71. The van der Waals surface area contributed by atoms with E-state index in [0.29, 0.717) is 5.92 Å². The lowest BCUT2D eigenvalue weighted by molar-refractivity contribution is 0.138. The average molecular weight is 286 g/mol. The quantitative estimate of drug-likeness (QED) is 0.670. The highest BCUT2D eigenvalue weighted by atomic mass is 35.5. The minimum atomic E-state index is 0.372. The van der Waals surface area contributed by atoms with E-state index < -0.39 is 0 Å². The first-order valence-electron chi connectivity index (χ1n) is 6.81. The Kier molecular flexibility index (Phi) is 8.84. The number of halogens is 1. The van der Waals surface area contributed by atoms with Gasteiger partial charge < -0.3 is 14.8 Å². The van der Waals surface area contributed by atoms with Crippen LogP contribution in [0.3, 0.4) is 0 Å². The van der Waals surface area contributed by atoms with Gasteiger partial charge in [0.05, 0.1) is 6.61 Å². The first kappa shape index (κ1) is 16.4. The van der Waals surface area contributed by atoms with Crippen molar-refractivity contribution in [2.24, 2.45) is 0 Å². The van der Waals surface area contributed by atoms with Gasteiger partial charge in [0.1, 0.15) is 0 Å². The highest BCUT2D eigenvalue weighted by Crippen LogP contribution is 2.26. The van der Waals surface area contributed by atoms with E-state index in [9.17, 15) is 0 Å². The molecule has 0 spiro atoms. The van der Waals surface area contributed by atoms with Crippen LogP contribution in [-0.4, -0.2) is 40.0 Å². The van der Waals surface area contributed by atoms with Crippen LogP contribution in [0.4, 0.5) is 0 Å². The number of hydrogen-bond acceptors (Lipinski definition) is 3. The molecule has 0 aliphatic carbocycles. The van der Waals surface area contributed by atoms with E-state index >= 15 is 0 Å². The lowest BCUT2D eigenvalue weighted by Crippen LogP contribution is -2.26. The summed E-state index contributed by atoms with van der Waals surface area (Å²) in [6.07, 6.45) is 0.970. The number of benzene rings is 1. The molecule has 0 aliphatic heterocycles. The fourth-order valence-electron chi connectivity index (χ4n) is 1.99. The van der Waals surface area contributed by atoms with Crippen LogP contribution in [-0.2, 0) is 9.47 Å². The zero-order valence-corrected chi connectivity index (χ0v) is 12.6. The molecule has 0 saturated carbocycles. The maximum absolute atomic E-state index is 6.28. The molecule has 1 aromatic rings. The van der Waals surface area contributed by atoms with E-state index in [1.165, 1.54) is 5.56 Å². The summed E-state index contributed by atoms with van der Waals surface area (Å²) in [6.45, 7) is 6.00. The smallest absolute Gasteiger partial charge is 0.0587 e. The van der Waals surface area contributed by atoms with Gasteiger partial charge in [-0.2, -0.15) is 0 Å². The monoisotopic (exact) mass is 285 g/mol. The van der Waals surface area contributed by atoms with Crippen LogP contribution >= 0.6 is 11.6 Å². The third-order valence-electron chi connectivity index (χ3n) is 3.03. The number of methoxy groups -OCH3 is 1. The molecule has 0 fully saturated rings. The maximum Gasteiger partial charge on any atom is 0.0587 e. The number of hydrogen-bond donors (Lipinski definition) is 1. The average Bonchev–Trinajstić information content (AvgIpc) is 2.42. The second-order valence-corrected chi connectivity index (χ2v) is 4.81. The van der Waals surface area contributed by atoms with E-state index in [0.717, 1.165) is 44.4 Å². The van der Waals surface area contributed by atoms with Crippen LogP contribution in [0.5, 0.6) is 0 Å². The Balaban J connectivity index is 2.55. The first-order chi connectivity index (χ1) is 9.29. The molecule has 1 aromatic carbocycles. The molecule has 0 heterocycles. The topological polar surface area (TPSA) is 30.5 Å². The molecule has 1 N–H and O–H groups in total. The zero-order valence-electron chi connectivity index (χ0n) is 11.8. The van der Waals surface area contributed by atoms with Crippen LogP contribution in [0.15, 0.2) is 24.3 Å². The molecule has 0 bridgehead atoms. The second-order valence-electron chi connectivity index (χ2n) is 4.40. The van der Waals surface area contributed by atoms with Crippen LogP contribution in [0.1, 0.15) is 24.8 Å². The van der Waals surface area contributed by atoms with Crippen molar-refractivity contribution in [1.82, 2.24) is 5.32 Å². The lowest BCUT2D eigenvalue weighted by Gasteiger charge is -2.19. The number of rotatable bonds is 10. The molecule has 0 amide bonds. The van der Waals surface area contributed by atoms with Gasteiger partial charge in [0.2, 0.25) is 0 Å². The Morgan fingerprint density at radius 2 is 2.05 bits per heavy atom. The summed E-state index contributed by atoms with van der Waals surface area (Å²) in [4.78, 5) is 0. The van der Waals surface area contributed by atoms with Crippen LogP contribution in [0.2, 0.25) is 5.02 Å². The first-order valence-corrected chi connectivity index (χ1v) is 7.19. The van der Waals surface area contributed by atoms with Crippen molar-refractivity contribution in [2.45, 2.75) is 19.3 Å². The second kappa shape index (κ2) is 10.2. The molecule has 1 rings (SSSR count). The van der Waals surface area contributed by atoms with Gasteiger partial charge >= 0.3 is 0 Å². The van der Waals surface area contributed by atoms with Crippen LogP contribution < -0.4 is 5.32 Å². The van der Waals surface area contributed by atoms with Gasteiger partial charge in [-0.3, -0.25) is 0 Å². The van der Waals surface area contributed by atoms with E-state index in [4.69, 9.17) is 21.1 Å². The Labute approximate surface area is 121 Å². The lowest BCUT2D eigenvalue weighted by atomic mass is 9.96. The highest BCUT2D eigenvalue weighted by Gasteiger charge is 2.14. The summed E-state index contributed by atoms with van der Waals surface area (Å²) >= 11 is 6.28. The Morgan fingerprint density at radius 3 is 2.74 bits per heavy atom. The molecule has 3 nitrogen and oxygen atoms in total. The maximum atomic E-state index is 6.28. The van der Waals surface area contributed by atoms with E-state index in [-0.39, 0.29) is 0 Å². The van der Waals surface area contributed by atoms with Crippen molar-refractivity contribution in [3.05, 3.63) is 34.9 Å². The third kappa shape index (κ3) is 6.39. The number of nitrogens with one attached hydrogen (secondary N) is 1. The summed E-state index contributed by atoms with van der Waals surface area (Å²) in [5, 5.41) is 4.23. The van der Waals surface area contributed by atoms with E-state index in [1.807, 2.05) is 25.1 Å². The Morgan fingerprint density at radius 1 is 1.26 bits per heavy atom. The fourth-order valence-corrected chi connectivity index (χ4v) is 2.28. The largest absolute Gasteiger partial charge is 0.383 e. The van der Waals surface area contributed by atoms with Crippen molar-refractivity contribution in [1.29, 1.82) is 0 Å². The predicted octanol–water partition coefficient (Wildman–Crippen LogP) is 3.09. The van der Waals surface area contributed by atoms with Crippen molar-refractivity contribution >= 4 is 11.6 Å². The van der Waals surface area contributed by atoms with E-state index in [1.54, 1.807) is 7.11 Å². The number of ether oxygens (including phenoxy) is 2. The molecule has 1 atom stereocenters. The molecular formula is C15H24ClNO2. The summed E-state index contributed by atoms with van der Waals surface area (Å²) in [6, 6.07) is 8.03. The van der Waals surface area contributed by atoms with Gasteiger partial charge in [0, 0.05) is 38.4 Å². The molecule has 1 unspecified atom stereocenters. The van der Waals surface area contributed by atoms with E-state index in [2.05, 4.69) is 11.4 Å². The fraction of sp³-hybridized carbons (Fsp3) is 0.600. The Bertz CT molecular complexity index is 347. The summed E-state index contributed by atoms with van der Waals surface area (Å²) in [5.74, 6) is 0.372. The van der Waals surface area contributed by atoms with Crippen molar-refractivity contribution in [2.75, 3.05) is 40.0 Å². The molecular weight excluding hydrogens is 262 g/mol. The van der Waals surface area contributed by atoms with Gasteiger partial charge in [-0.15, -0.1) is 0 Å². The van der Waals surface area contributed by atoms with Gasteiger partial charge in [-0.25, -0.2) is 0 Å². The Hall–Kier alpha value is -0.610. The predicted molar refractivity (Wildman–Crippen MR) is 80.0 cm³/mol. The minimum Gasteiger partial charge on any atom is -0.383 e. The molecule has 0 aliphatic rings. The molecule has 0 saturated heterocycles. The van der Waals surface area contributed by atoms with Crippen molar-refractivity contribution in [3.63, 3.8) is 0 Å². The highest BCUT2D eigenvalue weighted by molar-refractivity contribution is 6.31. The molecule has 0 radical (unpaired) electrons. The van der Waals surface area contributed by atoms with Crippen molar-refractivity contribution in [3.8, 4) is 0 Å². The summed E-state index contributed by atoms with van der Waals surface area (Å²) in [5.41, 5.74) is 1.19. The zero-order chi connectivity index (χ0) is 13.9. The summed E-state index contributed by atoms with van der Waals surface area (Å²) < 4.78 is 10.5. The standard InChI is InChI=1S/C15H24ClNO2/c1-3-19-10-8-13(12-17-9-11-18-2)14-6-4-5-7-15(14)16/h4-7,13,17H,3,8-12H2,1-2H3. The van der Waals surface area contributed by atoms with Crippen LogP contribution in [0, 0.1) is 0 Å². The molecule has 19 heavy (non-hydrogen) atoms. The van der Waals surface area contributed by atoms with Gasteiger partial charge in [-0.1, -0.05) is 29.8 Å². The molecule has 4 heteroatoms. The normalized spacial score (nSPS) is 12.6. The molecule has 108 valence electrons. The third-order valence-corrected chi connectivity index (χ3v) is 3.38. The van der Waals surface area contributed by atoms with Gasteiger partial charge in [0.15, 0.2) is 0 Å². The minimum absolute atomic E-state index is 0.372. The van der Waals surface area contributed by atoms with Gasteiger partial charge in [-0.05, 0) is 30.9 Å².